The van der Waals surface area contributed by atoms with Gasteiger partial charge in [-0.3, -0.25) is 19.9 Å². The van der Waals surface area contributed by atoms with Gasteiger partial charge in [0.2, 0.25) is 0 Å². The fraction of sp³-hybridized carbons (Fsp3) is 0.261. The Hall–Kier alpha value is -3.81. The number of rotatable bonds is 4. The monoisotopic (exact) mass is 411 g/mol. The highest BCUT2D eigenvalue weighted by Gasteiger charge is 2.48. The summed E-state index contributed by atoms with van der Waals surface area (Å²) in [5.41, 5.74) is 6.92. The van der Waals surface area contributed by atoms with E-state index in [4.69, 9.17) is 0 Å². The van der Waals surface area contributed by atoms with E-state index in [1.807, 2.05) is 38.4 Å². The van der Waals surface area contributed by atoms with Gasteiger partial charge >= 0.3 is 0 Å². The summed E-state index contributed by atoms with van der Waals surface area (Å²) in [4.78, 5) is 26.3. The molecule has 8 nitrogen and oxygen atoms in total. The molecule has 4 aromatic heterocycles. The maximum Gasteiger partial charge on any atom is 0.276 e. The second-order valence-corrected chi connectivity index (χ2v) is 8.32. The number of nitrogens with one attached hydrogen (secondary N) is 3. The lowest BCUT2D eigenvalue weighted by molar-refractivity contribution is 0.102. The summed E-state index contributed by atoms with van der Waals surface area (Å²) in [5, 5.41) is 14.3. The minimum absolute atomic E-state index is 0.198. The molecule has 2 atom stereocenters. The number of amides is 1. The molecule has 2 unspecified atom stereocenters. The number of hydrogen-bond donors (Lipinski definition) is 3. The third kappa shape index (κ3) is 2.94. The third-order valence-corrected chi connectivity index (χ3v) is 6.35. The van der Waals surface area contributed by atoms with Crippen LogP contribution in [-0.4, -0.2) is 38.1 Å². The van der Waals surface area contributed by atoms with Gasteiger partial charge < -0.3 is 10.6 Å². The standard InChI is InChI=1S/C23H21N7O/c1-11-16(13-3-14-9-27-20(24-2)7-19(14)26-8-13)6-15(10-25-11)28-23(31)22-18-5-12-4-17(12)21(18)29-30-22/h3,6-10,12,17H,4-5H2,1-2H3,(H,24,27)(H,28,31)(H,29,30). The molecule has 0 bridgehead atoms. The van der Waals surface area contributed by atoms with Gasteiger partial charge in [-0.25, -0.2) is 4.98 Å². The van der Waals surface area contributed by atoms with E-state index in [1.54, 1.807) is 12.4 Å². The molecule has 0 aromatic carbocycles. The van der Waals surface area contributed by atoms with Crippen molar-refractivity contribution in [1.29, 1.82) is 0 Å². The summed E-state index contributed by atoms with van der Waals surface area (Å²) in [7, 11) is 1.83. The van der Waals surface area contributed by atoms with E-state index in [9.17, 15) is 4.79 Å². The number of aryl methyl sites for hydroxylation is 1. The molecule has 1 amide bonds. The summed E-state index contributed by atoms with van der Waals surface area (Å²) in [6, 6.07) is 5.88. The van der Waals surface area contributed by atoms with Gasteiger partial charge in [0.15, 0.2) is 5.69 Å². The molecule has 3 N–H and O–H groups in total. The van der Waals surface area contributed by atoms with E-state index >= 15 is 0 Å². The van der Waals surface area contributed by atoms with Crippen molar-refractivity contribution in [2.75, 3.05) is 17.7 Å². The average Bonchev–Trinajstić information content (AvgIpc) is 3.26. The van der Waals surface area contributed by atoms with Gasteiger partial charge in [0.1, 0.15) is 5.82 Å². The first-order chi connectivity index (χ1) is 15.1. The van der Waals surface area contributed by atoms with E-state index in [1.165, 1.54) is 6.42 Å². The largest absolute Gasteiger partial charge is 0.373 e. The van der Waals surface area contributed by atoms with E-state index in [-0.39, 0.29) is 5.91 Å². The van der Waals surface area contributed by atoms with E-state index < -0.39 is 0 Å². The van der Waals surface area contributed by atoms with Crippen molar-refractivity contribution in [1.82, 2.24) is 25.1 Å². The van der Waals surface area contributed by atoms with E-state index in [0.29, 0.717) is 23.2 Å². The minimum Gasteiger partial charge on any atom is -0.373 e. The van der Waals surface area contributed by atoms with Gasteiger partial charge in [0.25, 0.3) is 5.91 Å². The zero-order valence-electron chi connectivity index (χ0n) is 17.2. The first-order valence-electron chi connectivity index (χ1n) is 10.4. The molecule has 2 aliphatic rings. The Morgan fingerprint density at radius 1 is 1.13 bits per heavy atom. The zero-order valence-corrected chi connectivity index (χ0v) is 17.2. The predicted molar refractivity (Wildman–Crippen MR) is 118 cm³/mol. The average molecular weight is 411 g/mol. The van der Waals surface area contributed by atoms with Crippen LogP contribution >= 0.6 is 0 Å². The SMILES string of the molecule is CNc1cc2ncc(-c3cc(NC(=O)c4n[nH]c5c4CC4CC54)cnc3C)cc2cn1. The van der Waals surface area contributed by atoms with Gasteiger partial charge in [-0.05, 0) is 37.8 Å². The molecule has 0 aliphatic heterocycles. The smallest absolute Gasteiger partial charge is 0.276 e. The minimum atomic E-state index is -0.198. The molecule has 0 spiro atoms. The van der Waals surface area contributed by atoms with Crippen molar-refractivity contribution in [3.63, 3.8) is 0 Å². The molecular formula is C23H21N7O. The van der Waals surface area contributed by atoms with Crippen LogP contribution in [0.4, 0.5) is 11.5 Å². The number of aromatic nitrogens is 5. The lowest BCUT2D eigenvalue weighted by Gasteiger charge is -2.10. The molecule has 1 saturated carbocycles. The second kappa shape index (κ2) is 6.60. The molecule has 4 aromatic rings. The molecule has 8 heteroatoms. The maximum atomic E-state index is 12.9. The van der Waals surface area contributed by atoms with Crippen molar-refractivity contribution in [3.8, 4) is 11.1 Å². The van der Waals surface area contributed by atoms with Crippen LogP contribution < -0.4 is 10.6 Å². The highest BCUT2D eigenvalue weighted by atomic mass is 16.2. The van der Waals surface area contributed by atoms with Crippen LogP contribution in [0.15, 0.2) is 36.8 Å². The third-order valence-electron chi connectivity index (χ3n) is 6.35. The summed E-state index contributed by atoms with van der Waals surface area (Å²) < 4.78 is 0. The number of H-pyrrole nitrogens is 1. The Labute approximate surface area is 178 Å². The van der Waals surface area contributed by atoms with Gasteiger partial charge in [0, 0.05) is 64.9 Å². The summed E-state index contributed by atoms with van der Waals surface area (Å²) in [5.74, 6) is 1.85. The molecule has 6 rings (SSSR count). The highest BCUT2D eigenvalue weighted by Crippen LogP contribution is 2.56. The Kier molecular flexibility index (Phi) is 3.83. The first kappa shape index (κ1) is 18.0. The van der Waals surface area contributed by atoms with Gasteiger partial charge in [0.05, 0.1) is 17.4 Å². The summed E-state index contributed by atoms with van der Waals surface area (Å²) in [6.45, 7) is 1.94. The Bertz CT molecular complexity index is 1360. The Morgan fingerprint density at radius 2 is 2.03 bits per heavy atom. The second-order valence-electron chi connectivity index (χ2n) is 8.32. The van der Waals surface area contributed by atoms with Crippen LogP contribution in [-0.2, 0) is 6.42 Å². The predicted octanol–water partition coefficient (Wildman–Crippen LogP) is 3.68. The van der Waals surface area contributed by atoms with E-state index in [2.05, 4.69) is 35.8 Å². The van der Waals surface area contributed by atoms with Crippen LogP contribution in [0.2, 0.25) is 0 Å². The van der Waals surface area contributed by atoms with Crippen LogP contribution in [0.5, 0.6) is 0 Å². The summed E-state index contributed by atoms with van der Waals surface area (Å²) >= 11 is 0. The van der Waals surface area contributed by atoms with Crippen molar-refractivity contribution in [2.24, 2.45) is 5.92 Å². The van der Waals surface area contributed by atoms with E-state index in [0.717, 1.165) is 51.2 Å². The van der Waals surface area contributed by atoms with Gasteiger partial charge in [-0.15, -0.1) is 0 Å². The number of pyridine rings is 3. The number of anilines is 2. The fourth-order valence-corrected chi connectivity index (χ4v) is 4.56. The highest BCUT2D eigenvalue weighted by molar-refractivity contribution is 6.04. The normalized spacial score (nSPS) is 18.5. The fourth-order valence-electron chi connectivity index (χ4n) is 4.56. The number of carbonyl (C=O) groups excluding carboxylic acids is 1. The van der Waals surface area contributed by atoms with Crippen molar-refractivity contribution < 1.29 is 4.79 Å². The number of fused-ring (bicyclic) bond motifs is 4. The molecule has 31 heavy (non-hydrogen) atoms. The molecular weight excluding hydrogens is 390 g/mol. The van der Waals surface area contributed by atoms with Crippen LogP contribution in [0.3, 0.4) is 0 Å². The number of aromatic amines is 1. The lowest BCUT2D eigenvalue weighted by atomic mass is 10.0. The topological polar surface area (TPSA) is 108 Å². The lowest BCUT2D eigenvalue weighted by Crippen LogP contribution is -2.15. The quantitative estimate of drug-likeness (QED) is 0.473. The van der Waals surface area contributed by atoms with Crippen molar-refractivity contribution in [3.05, 3.63) is 59.4 Å². The Morgan fingerprint density at radius 3 is 2.90 bits per heavy atom. The zero-order chi connectivity index (χ0) is 21.1. The molecule has 0 saturated heterocycles. The maximum absolute atomic E-state index is 12.9. The van der Waals surface area contributed by atoms with Crippen LogP contribution in [0.25, 0.3) is 22.0 Å². The molecule has 2 aliphatic carbocycles. The summed E-state index contributed by atoms with van der Waals surface area (Å²) in [6.07, 6.45) is 7.46. The number of carbonyl (C=O) groups is 1. The molecule has 1 fully saturated rings. The van der Waals surface area contributed by atoms with Gasteiger partial charge in [-0.1, -0.05) is 0 Å². The molecule has 4 heterocycles. The van der Waals surface area contributed by atoms with Crippen molar-refractivity contribution >= 4 is 28.3 Å². The molecule has 154 valence electrons. The Balaban J connectivity index is 1.30. The van der Waals surface area contributed by atoms with Crippen LogP contribution in [0, 0.1) is 12.8 Å². The van der Waals surface area contributed by atoms with Crippen LogP contribution in [0.1, 0.15) is 39.8 Å². The number of nitrogens with zero attached hydrogens (tertiary/aromatic N) is 4. The number of hydrogen-bond acceptors (Lipinski definition) is 6. The first-order valence-corrected chi connectivity index (χ1v) is 10.4. The molecule has 0 radical (unpaired) electrons. The van der Waals surface area contributed by atoms with Gasteiger partial charge in [-0.2, -0.15) is 5.10 Å². The van der Waals surface area contributed by atoms with Crippen molar-refractivity contribution in [2.45, 2.75) is 25.7 Å².